The van der Waals surface area contributed by atoms with E-state index in [0.29, 0.717) is 43.4 Å². The summed E-state index contributed by atoms with van der Waals surface area (Å²) in [4.78, 5) is 34.3. The normalized spacial score (nSPS) is 15.5. The predicted octanol–water partition coefficient (Wildman–Crippen LogP) is 6.84. The van der Waals surface area contributed by atoms with Crippen LogP contribution in [0.3, 0.4) is 0 Å². The highest BCUT2D eigenvalue weighted by molar-refractivity contribution is 5.69. The Labute approximate surface area is 245 Å². The van der Waals surface area contributed by atoms with Crippen LogP contribution in [0.4, 0.5) is 0 Å². The van der Waals surface area contributed by atoms with Crippen molar-refractivity contribution >= 4 is 17.9 Å². The molecule has 40 heavy (non-hydrogen) atoms. The maximum atomic E-state index is 11.5. The van der Waals surface area contributed by atoms with Crippen molar-refractivity contribution in [2.75, 3.05) is 26.2 Å². The topological polar surface area (TPSA) is 115 Å². The molecule has 0 aromatic rings. The van der Waals surface area contributed by atoms with E-state index in [1.165, 1.54) is 70.6 Å². The van der Waals surface area contributed by atoms with Crippen LogP contribution in [-0.4, -0.2) is 58.8 Å². The van der Waals surface area contributed by atoms with Gasteiger partial charge < -0.3 is 24.6 Å². The molecule has 0 aliphatic carbocycles. The molecule has 0 rings (SSSR count). The Morgan fingerprint density at radius 1 is 0.600 bits per heavy atom. The monoisotopic (exact) mass is 567 g/mol. The number of allylic oxidation sites excluding steroid dienone is 2. The summed E-state index contributed by atoms with van der Waals surface area (Å²) in [6.07, 6.45) is 23.3. The second kappa shape index (κ2) is 23.8. The van der Waals surface area contributed by atoms with E-state index < -0.39 is 35.7 Å². The fraction of sp³-hybridized carbons (Fsp3) is 0.848. The summed E-state index contributed by atoms with van der Waals surface area (Å²) in [5.74, 6) is -4.32. The minimum absolute atomic E-state index is 0.443. The Morgan fingerprint density at radius 3 is 1.38 bits per heavy atom. The summed E-state index contributed by atoms with van der Waals surface area (Å²) >= 11 is 0. The maximum absolute atomic E-state index is 11.5. The van der Waals surface area contributed by atoms with E-state index in [4.69, 9.17) is 0 Å². The van der Waals surface area contributed by atoms with E-state index in [2.05, 4.69) is 19.1 Å². The second-order valence-corrected chi connectivity index (χ2v) is 12.2. The van der Waals surface area contributed by atoms with Crippen molar-refractivity contribution in [1.82, 2.24) is 0 Å². The van der Waals surface area contributed by atoms with E-state index in [0.717, 1.165) is 25.8 Å². The Kier molecular flexibility index (Phi) is 22.7. The van der Waals surface area contributed by atoms with Gasteiger partial charge in [0, 0.05) is 31.1 Å². The zero-order valence-electron chi connectivity index (χ0n) is 26.2. The first-order valence-electron chi connectivity index (χ1n) is 16.2. The fourth-order valence-corrected chi connectivity index (χ4v) is 5.13. The standard InChI is InChI=1S/C33H61NO6/c1-5-6-7-8-9-10-11-12-13-14-15-16-17-18-19-20-24-34(25-21-28(2)31(35)36,26-22-29(3)32(37)38)27-23-30(4)33(39)40/h11-12,28-30H,5-10,13-27H2,1-4H3,(H2-,35,36,37,38,39,40)/b12-11+. The van der Waals surface area contributed by atoms with E-state index >= 15 is 0 Å². The van der Waals surface area contributed by atoms with Crippen molar-refractivity contribution < 1.29 is 34.2 Å². The molecule has 0 bridgehead atoms. The summed E-state index contributed by atoms with van der Waals surface area (Å²) < 4.78 is 0.581. The SMILES string of the molecule is CCCCCCC/C=C/CCCCCCCCC[N+](CCC(C)C(=O)[O-])(CCC(C)C(=O)O)CCC(C)C(=O)O. The lowest BCUT2D eigenvalue weighted by molar-refractivity contribution is -0.929. The van der Waals surface area contributed by atoms with Gasteiger partial charge in [-0.25, -0.2) is 0 Å². The van der Waals surface area contributed by atoms with Gasteiger partial charge in [-0.15, -0.1) is 0 Å². The van der Waals surface area contributed by atoms with Crippen LogP contribution in [-0.2, 0) is 14.4 Å². The number of hydrogen-bond acceptors (Lipinski definition) is 4. The summed E-state index contributed by atoms with van der Waals surface area (Å²) in [6.45, 7) is 9.95. The first-order valence-corrected chi connectivity index (χ1v) is 16.2. The quantitative estimate of drug-likeness (QED) is 0.0608. The van der Waals surface area contributed by atoms with Gasteiger partial charge in [0.25, 0.3) is 0 Å². The summed E-state index contributed by atoms with van der Waals surface area (Å²) in [5, 5.41) is 30.2. The van der Waals surface area contributed by atoms with Crippen LogP contribution in [0.25, 0.3) is 0 Å². The van der Waals surface area contributed by atoms with Crippen molar-refractivity contribution in [1.29, 1.82) is 0 Å². The number of rotatable bonds is 28. The molecule has 0 aromatic carbocycles. The number of quaternary nitrogens is 1. The van der Waals surface area contributed by atoms with Crippen LogP contribution in [0, 0.1) is 17.8 Å². The number of hydrogen-bond donors (Lipinski definition) is 2. The Hall–Kier alpha value is -1.89. The zero-order valence-corrected chi connectivity index (χ0v) is 26.2. The summed E-state index contributed by atoms with van der Waals surface area (Å²) in [7, 11) is 0. The number of carboxylic acids is 3. The molecule has 3 unspecified atom stereocenters. The minimum atomic E-state index is -1.08. The first-order chi connectivity index (χ1) is 19.0. The van der Waals surface area contributed by atoms with Gasteiger partial charge in [-0.05, 0) is 38.5 Å². The molecule has 234 valence electrons. The molecule has 0 spiro atoms. The maximum Gasteiger partial charge on any atom is 0.306 e. The van der Waals surface area contributed by atoms with Crippen molar-refractivity contribution in [2.45, 2.75) is 137 Å². The van der Waals surface area contributed by atoms with Crippen molar-refractivity contribution in [3.63, 3.8) is 0 Å². The molecule has 0 saturated carbocycles. The molecule has 7 heteroatoms. The van der Waals surface area contributed by atoms with Crippen molar-refractivity contribution in [3.05, 3.63) is 12.2 Å². The number of aliphatic carboxylic acids is 3. The number of carbonyl (C=O) groups excluding carboxylic acids is 1. The second-order valence-electron chi connectivity index (χ2n) is 12.2. The molecular weight excluding hydrogens is 506 g/mol. The number of carboxylic acid groups (broad SMARTS) is 3. The molecule has 2 N–H and O–H groups in total. The third-order valence-corrected chi connectivity index (χ3v) is 8.50. The van der Waals surface area contributed by atoms with Gasteiger partial charge in [0.05, 0.1) is 38.0 Å². The van der Waals surface area contributed by atoms with Gasteiger partial charge in [0.2, 0.25) is 0 Å². The Bertz CT molecular complexity index is 647. The molecule has 0 heterocycles. The third kappa shape index (κ3) is 20.1. The largest absolute Gasteiger partial charge is 0.550 e. The molecule has 0 amide bonds. The van der Waals surface area contributed by atoms with Gasteiger partial charge in [0.1, 0.15) is 0 Å². The predicted molar refractivity (Wildman–Crippen MR) is 161 cm³/mol. The van der Waals surface area contributed by atoms with E-state index in [1.807, 2.05) is 0 Å². The molecule has 0 radical (unpaired) electrons. The highest BCUT2D eigenvalue weighted by Gasteiger charge is 2.30. The highest BCUT2D eigenvalue weighted by Crippen LogP contribution is 2.22. The lowest BCUT2D eigenvalue weighted by Crippen LogP contribution is -2.52. The molecule has 0 saturated heterocycles. The van der Waals surface area contributed by atoms with Crippen LogP contribution in [0.1, 0.15) is 137 Å². The van der Waals surface area contributed by atoms with Gasteiger partial charge in [-0.2, -0.15) is 0 Å². The van der Waals surface area contributed by atoms with Gasteiger partial charge in [-0.3, -0.25) is 9.59 Å². The average Bonchev–Trinajstić information content (AvgIpc) is 2.92. The smallest absolute Gasteiger partial charge is 0.306 e. The Balaban J connectivity index is 4.66. The molecule has 0 aliphatic heterocycles. The summed E-state index contributed by atoms with van der Waals surface area (Å²) in [6, 6.07) is 0. The van der Waals surface area contributed by atoms with Crippen LogP contribution in [0.5, 0.6) is 0 Å². The van der Waals surface area contributed by atoms with Gasteiger partial charge in [0.15, 0.2) is 0 Å². The minimum Gasteiger partial charge on any atom is -0.550 e. The number of unbranched alkanes of at least 4 members (excludes halogenated alkanes) is 12. The summed E-state index contributed by atoms with van der Waals surface area (Å²) in [5.41, 5.74) is 0. The van der Waals surface area contributed by atoms with E-state index in [1.54, 1.807) is 20.8 Å². The molecule has 3 atom stereocenters. The lowest BCUT2D eigenvalue weighted by Gasteiger charge is -2.41. The zero-order chi connectivity index (χ0) is 30.2. The molecule has 7 nitrogen and oxygen atoms in total. The van der Waals surface area contributed by atoms with Crippen LogP contribution in [0.15, 0.2) is 12.2 Å². The molecular formula is C33H61NO6. The number of carbonyl (C=O) groups is 3. The van der Waals surface area contributed by atoms with E-state index in [9.17, 15) is 29.7 Å². The third-order valence-electron chi connectivity index (χ3n) is 8.50. The Morgan fingerprint density at radius 2 is 0.975 bits per heavy atom. The highest BCUT2D eigenvalue weighted by atomic mass is 16.4. The molecule has 0 aliphatic rings. The van der Waals surface area contributed by atoms with Gasteiger partial charge in [-0.1, -0.05) is 91.2 Å². The van der Waals surface area contributed by atoms with E-state index in [-0.39, 0.29) is 0 Å². The first kappa shape index (κ1) is 38.1. The van der Waals surface area contributed by atoms with Crippen LogP contribution >= 0.6 is 0 Å². The van der Waals surface area contributed by atoms with Crippen molar-refractivity contribution in [2.24, 2.45) is 17.8 Å². The average molecular weight is 568 g/mol. The number of nitrogens with zero attached hydrogens (tertiary/aromatic N) is 1. The van der Waals surface area contributed by atoms with Crippen LogP contribution in [0.2, 0.25) is 0 Å². The van der Waals surface area contributed by atoms with Gasteiger partial charge >= 0.3 is 11.9 Å². The molecule has 0 fully saturated rings. The fourth-order valence-electron chi connectivity index (χ4n) is 5.13. The molecule has 0 aromatic heterocycles. The lowest BCUT2D eigenvalue weighted by atomic mass is 10.0. The van der Waals surface area contributed by atoms with Crippen LogP contribution < -0.4 is 5.11 Å². The van der Waals surface area contributed by atoms with Crippen molar-refractivity contribution in [3.8, 4) is 0 Å².